The zero-order chi connectivity index (χ0) is 10.4. The summed E-state index contributed by atoms with van der Waals surface area (Å²) < 4.78 is 0.662. The Balaban J connectivity index is 4.02. The molecule has 0 spiro atoms. The summed E-state index contributed by atoms with van der Waals surface area (Å²) in [5.41, 5.74) is 11.1. The zero-order valence-corrected chi connectivity index (χ0v) is 10.4. The molecule has 8 heteroatoms. The van der Waals surface area contributed by atoms with Gasteiger partial charge in [0.15, 0.2) is 0 Å². The molecule has 0 aliphatic heterocycles. The number of nitrogens with two attached hydrogens (primary N) is 1. The summed E-state index contributed by atoms with van der Waals surface area (Å²) in [6.45, 7) is 2.39. The molecule has 0 aliphatic carbocycles. The van der Waals surface area contributed by atoms with E-state index in [1.165, 1.54) is 5.12 Å². The number of rotatable bonds is 4. The molecule has 4 N–H and O–H groups in total. The van der Waals surface area contributed by atoms with Crippen LogP contribution in [0.25, 0.3) is 0 Å². The zero-order valence-electron chi connectivity index (χ0n) is 7.02. The minimum absolute atomic E-state index is 0.0228. The molecule has 4 nitrogen and oxygen atoms in total. The summed E-state index contributed by atoms with van der Waals surface area (Å²) in [5, 5.41) is 1.54. The van der Waals surface area contributed by atoms with Gasteiger partial charge in [-0.15, -0.1) is 30.4 Å². The quantitative estimate of drug-likeness (QED) is 0.279. The molecule has 0 radical (unpaired) electrons. The second-order valence-electron chi connectivity index (χ2n) is 2.42. The van der Waals surface area contributed by atoms with Crippen LogP contribution in [-0.4, -0.2) is 26.3 Å². The fourth-order valence-electron chi connectivity index (χ4n) is 0.638. The first-order chi connectivity index (χ1) is 5.91. The van der Waals surface area contributed by atoms with Gasteiger partial charge in [0.2, 0.25) is 0 Å². The number of hydrogen-bond acceptors (Lipinski definition) is 4. The van der Waals surface area contributed by atoms with Gasteiger partial charge in [-0.1, -0.05) is 24.4 Å². The molecule has 1 atom stereocenters. The molecular formula is C5H12N4S4. The molecular weight excluding hydrogens is 244 g/mol. The lowest BCUT2D eigenvalue weighted by Gasteiger charge is -2.25. The Hall–Kier alpha value is 0.400. The highest BCUT2D eigenvalue weighted by atomic mass is 32.1. The van der Waals surface area contributed by atoms with E-state index in [0.29, 0.717) is 15.2 Å². The average molecular weight is 256 g/mol. The Bertz CT molecular complexity index is 179. The molecule has 0 aromatic rings. The summed E-state index contributed by atoms with van der Waals surface area (Å²) in [6.07, 6.45) is 0. The van der Waals surface area contributed by atoms with Gasteiger partial charge in [-0.25, -0.2) is 0 Å². The molecule has 0 aromatic carbocycles. The van der Waals surface area contributed by atoms with Crippen molar-refractivity contribution >= 4 is 58.3 Å². The normalized spacial score (nSPS) is 12.4. The number of thiocarbonyl (C=S) groups is 2. The molecule has 13 heavy (non-hydrogen) atoms. The van der Waals surface area contributed by atoms with E-state index in [1.807, 2.05) is 6.92 Å². The van der Waals surface area contributed by atoms with Gasteiger partial charge in [0, 0.05) is 6.04 Å². The van der Waals surface area contributed by atoms with E-state index in [-0.39, 0.29) is 6.04 Å². The Morgan fingerprint density at radius 3 is 2.00 bits per heavy atom. The van der Waals surface area contributed by atoms with Crippen molar-refractivity contribution in [3.8, 4) is 0 Å². The molecule has 1 unspecified atom stereocenters. The topological polar surface area (TPSA) is 53.3 Å². The van der Waals surface area contributed by atoms with E-state index in [2.05, 4.69) is 36.1 Å². The predicted octanol–water partition coefficient (Wildman–Crippen LogP) is 0.0742. The number of nitrogens with one attached hydrogen (secondary N) is 2. The fourth-order valence-corrected chi connectivity index (χ4v) is 1.10. The van der Waals surface area contributed by atoms with Crippen LogP contribution in [0.2, 0.25) is 0 Å². The highest BCUT2D eigenvalue weighted by molar-refractivity contribution is 8.11. The van der Waals surface area contributed by atoms with Crippen LogP contribution in [0.4, 0.5) is 0 Å². The maximum Gasteiger partial charge on any atom is 0.146 e. The fraction of sp³-hybridized carbons (Fsp3) is 0.600. The first kappa shape index (κ1) is 13.4. The van der Waals surface area contributed by atoms with Crippen molar-refractivity contribution in [2.45, 2.75) is 13.0 Å². The van der Waals surface area contributed by atoms with Gasteiger partial charge >= 0.3 is 0 Å². The SMILES string of the molecule is CC(N)CN(NC(=S)S)NC(=S)S. The van der Waals surface area contributed by atoms with Crippen molar-refractivity contribution in [2.24, 2.45) is 5.73 Å². The van der Waals surface area contributed by atoms with Crippen LogP contribution in [0.5, 0.6) is 0 Å². The lowest BCUT2D eigenvalue weighted by molar-refractivity contribution is 0.193. The lowest BCUT2D eigenvalue weighted by atomic mass is 10.4. The van der Waals surface area contributed by atoms with Crippen LogP contribution in [-0.2, 0) is 0 Å². The van der Waals surface area contributed by atoms with E-state index < -0.39 is 0 Å². The minimum Gasteiger partial charge on any atom is -0.327 e. The van der Waals surface area contributed by atoms with Crippen molar-refractivity contribution in [2.75, 3.05) is 6.54 Å². The second-order valence-corrected chi connectivity index (χ2v) is 4.74. The lowest BCUT2D eigenvalue weighted by Crippen LogP contribution is -2.54. The third-order valence-corrected chi connectivity index (χ3v) is 1.31. The van der Waals surface area contributed by atoms with Crippen molar-refractivity contribution in [1.82, 2.24) is 16.0 Å². The highest BCUT2D eigenvalue weighted by Crippen LogP contribution is 1.88. The van der Waals surface area contributed by atoms with Gasteiger partial charge in [-0.05, 0) is 6.92 Å². The summed E-state index contributed by atoms with van der Waals surface area (Å²) in [7, 11) is 0. The van der Waals surface area contributed by atoms with Crippen LogP contribution in [0.3, 0.4) is 0 Å². The molecule has 0 amide bonds. The smallest absolute Gasteiger partial charge is 0.146 e. The van der Waals surface area contributed by atoms with Crippen LogP contribution in [0.1, 0.15) is 6.92 Å². The van der Waals surface area contributed by atoms with E-state index in [1.54, 1.807) is 0 Å². The molecule has 0 saturated heterocycles. The number of thiol groups is 2. The van der Waals surface area contributed by atoms with Gasteiger partial charge in [0.05, 0.1) is 6.54 Å². The highest BCUT2D eigenvalue weighted by Gasteiger charge is 2.07. The van der Waals surface area contributed by atoms with Crippen LogP contribution in [0.15, 0.2) is 0 Å². The van der Waals surface area contributed by atoms with Crippen LogP contribution < -0.4 is 16.6 Å². The van der Waals surface area contributed by atoms with Gasteiger partial charge in [0.1, 0.15) is 8.64 Å². The largest absolute Gasteiger partial charge is 0.327 e. The molecule has 0 aliphatic rings. The Kier molecular flexibility index (Phi) is 7.00. The van der Waals surface area contributed by atoms with Crippen molar-refractivity contribution < 1.29 is 0 Å². The molecule has 0 saturated carbocycles. The Labute approximate surface area is 99.4 Å². The van der Waals surface area contributed by atoms with Crippen molar-refractivity contribution in [3.05, 3.63) is 0 Å². The second kappa shape index (κ2) is 6.80. The monoisotopic (exact) mass is 256 g/mol. The maximum atomic E-state index is 5.59. The molecule has 0 heterocycles. The minimum atomic E-state index is -0.0228. The third kappa shape index (κ3) is 8.72. The molecule has 0 bridgehead atoms. The first-order valence-electron chi connectivity index (χ1n) is 3.44. The van der Waals surface area contributed by atoms with Crippen molar-refractivity contribution in [3.63, 3.8) is 0 Å². The maximum absolute atomic E-state index is 5.59. The number of hydrogen-bond donors (Lipinski definition) is 5. The van der Waals surface area contributed by atoms with Gasteiger partial charge in [-0.2, -0.15) is 0 Å². The molecule has 0 rings (SSSR count). The summed E-state index contributed by atoms with van der Waals surface area (Å²) in [5.74, 6) is 0. The van der Waals surface area contributed by atoms with E-state index in [9.17, 15) is 0 Å². The average Bonchev–Trinajstić information content (AvgIpc) is 1.80. The standard InChI is InChI=1S/C5H12N4S4/c1-3(6)2-9(7-4(10)11)8-5(12)13/h3H,2,6H2,1H3,(H2,7,10,11)(H2,8,12,13). The predicted molar refractivity (Wildman–Crippen MR) is 69.8 cm³/mol. The van der Waals surface area contributed by atoms with Crippen LogP contribution >= 0.6 is 49.7 Å². The summed E-state index contributed by atoms with van der Waals surface area (Å²) in [6, 6.07) is -0.0228. The van der Waals surface area contributed by atoms with E-state index >= 15 is 0 Å². The Morgan fingerprint density at radius 1 is 1.38 bits per heavy atom. The number of hydrazine groups is 2. The molecule has 0 aromatic heterocycles. The first-order valence-corrected chi connectivity index (χ1v) is 5.15. The molecule has 0 fully saturated rings. The molecule has 76 valence electrons. The van der Waals surface area contributed by atoms with E-state index in [4.69, 9.17) is 30.2 Å². The van der Waals surface area contributed by atoms with Gasteiger partial charge in [0.25, 0.3) is 0 Å². The van der Waals surface area contributed by atoms with Crippen molar-refractivity contribution in [1.29, 1.82) is 0 Å². The van der Waals surface area contributed by atoms with Gasteiger partial charge in [-0.3, -0.25) is 10.9 Å². The van der Waals surface area contributed by atoms with E-state index in [0.717, 1.165) is 0 Å². The summed E-state index contributed by atoms with van der Waals surface area (Å²) in [4.78, 5) is 0. The number of nitrogens with zero attached hydrogens (tertiary/aromatic N) is 1. The third-order valence-electron chi connectivity index (χ3n) is 0.932. The van der Waals surface area contributed by atoms with Gasteiger partial charge < -0.3 is 5.73 Å². The Morgan fingerprint density at radius 2 is 1.77 bits per heavy atom. The van der Waals surface area contributed by atoms with Crippen LogP contribution in [0, 0.1) is 0 Å². The summed E-state index contributed by atoms with van der Waals surface area (Å²) >= 11 is 17.3.